The summed E-state index contributed by atoms with van der Waals surface area (Å²) in [5.74, 6) is 0.356. The molecule has 0 saturated carbocycles. The van der Waals surface area contributed by atoms with Crippen LogP contribution >= 0.6 is 0 Å². The van der Waals surface area contributed by atoms with Gasteiger partial charge in [0.15, 0.2) is 0 Å². The molecule has 1 rings (SSSR count). The van der Waals surface area contributed by atoms with Crippen LogP contribution in [0.3, 0.4) is 0 Å². The number of hydrogen-bond acceptors (Lipinski definition) is 2. The topological polar surface area (TPSA) is 30.1 Å². The summed E-state index contributed by atoms with van der Waals surface area (Å²) in [4.78, 5) is 3.11. The van der Waals surface area contributed by atoms with Crippen molar-refractivity contribution < 1.29 is 0 Å². The zero-order valence-corrected chi connectivity index (χ0v) is 5.00. The van der Waals surface area contributed by atoms with Crippen molar-refractivity contribution in [2.45, 2.75) is 6.92 Å². The highest BCUT2D eigenvalue weighted by Gasteiger charge is 1.90. The molecule has 44 valence electrons. The Balaban J connectivity index is 3.12. The second-order valence-corrected chi connectivity index (χ2v) is 1.70. The minimum Gasteiger partial charge on any atom is -0.359 e. The first-order chi connectivity index (χ1) is 4.33. The third-order valence-electron chi connectivity index (χ3n) is 0.893. The molecule has 1 heterocycles. The van der Waals surface area contributed by atoms with Crippen LogP contribution in [-0.2, 0) is 0 Å². The lowest BCUT2D eigenvalue weighted by Crippen LogP contribution is -1.79. The van der Waals surface area contributed by atoms with Crippen molar-refractivity contribution in [3.05, 3.63) is 29.2 Å². The molecule has 0 fully saturated rings. The van der Waals surface area contributed by atoms with E-state index in [-0.39, 0.29) is 0 Å². The van der Waals surface area contributed by atoms with Gasteiger partial charge in [0, 0.05) is 0 Å². The van der Waals surface area contributed by atoms with E-state index in [2.05, 4.69) is 15.0 Å². The van der Waals surface area contributed by atoms with Crippen molar-refractivity contribution in [3.63, 3.8) is 0 Å². The molecule has 1 aromatic heterocycles. The maximum atomic E-state index is 6.56. The third kappa shape index (κ3) is 1.23. The predicted octanol–water partition coefficient (Wildman–Crippen LogP) is 1.34. The molecule has 0 unspecified atom stereocenters. The number of nitrogens with zero attached hydrogens (tertiary/aromatic N) is 3. The van der Waals surface area contributed by atoms with Crippen LogP contribution in [0.4, 0.5) is 5.82 Å². The largest absolute Gasteiger partial charge is 0.359 e. The van der Waals surface area contributed by atoms with Gasteiger partial charge in [-0.15, -0.1) is 0 Å². The van der Waals surface area contributed by atoms with Gasteiger partial charge in [-0.2, -0.15) is 0 Å². The zero-order valence-electron chi connectivity index (χ0n) is 5.00. The molecule has 0 bridgehead atoms. The molecule has 0 N–H and O–H groups in total. The van der Waals surface area contributed by atoms with Crippen molar-refractivity contribution in [1.82, 2.24) is 10.2 Å². The molecule has 0 amide bonds. The third-order valence-corrected chi connectivity index (χ3v) is 0.893. The van der Waals surface area contributed by atoms with Crippen LogP contribution in [0.1, 0.15) is 5.56 Å². The van der Waals surface area contributed by atoms with Crippen molar-refractivity contribution in [2.24, 2.45) is 0 Å². The van der Waals surface area contributed by atoms with Crippen LogP contribution in [0.25, 0.3) is 4.85 Å². The van der Waals surface area contributed by atoms with Gasteiger partial charge in [-0.3, -0.25) is 0 Å². The van der Waals surface area contributed by atoms with Crippen LogP contribution in [0.2, 0.25) is 0 Å². The molecule has 0 aliphatic heterocycles. The Kier molecular flexibility index (Phi) is 1.41. The van der Waals surface area contributed by atoms with Crippen LogP contribution in [-0.4, -0.2) is 10.2 Å². The normalized spacial score (nSPS) is 8.44. The van der Waals surface area contributed by atoms with Gasteiger partial charge in [-0.05, 0) is 23.7 Å². The molecule has 0 aliphatic carbocycles. The number of aryl methyl sites for hydroxylation is 1. The second-order valence-electron chi connectivity index (χ2n) is 1.70. The van der Waals surface area contributed by atoms with E-state index in [0.717, 1.165) is 5.56 Å². The molecule has 9 heavy (non-hydrogen) atoms. The molecule has 0 spiro atoms. The van der Waals surface area contributed by atoms with Gasteiger partial charge >= 0.3 is 0 Å². The average Bonchev–Trinajstić information content (AvgIpc) is 1.88. The SMILES string of the molecule is [C-]#[N+]c1cc(C)cnn1. The van der Waals surface area contributed by atoms with Crippen molar-refractivity contribution in [3.8, 4) is 0 Å². The van der Waals surface area contributed by atoms with E-state index in [1.165, 1.54) is 0 Å². The summed E-state index contributed by atoms with van der Waals surface area (Å²) in [5.41, 5.74) is 0.969. The molecule has 3 heteroatoms. The fourth-order valence-electron chi connectivity index (χ4n) is 0.503. The van der Waals surface area contributed by atoms with E-state index in [1.54, 1.807) is 12.3 Å². The molecule has 0 atom stereocenters. The Labute approximate surface area is 53.2 Å². The minimum atomic E-state index is 0.356. The lowest BCUT2D eigenvalue weighted by Gasteiger charge is -1.85. The van der Waals surface area contributed by atoms with Crippen molar-refractivity contribution in [1.29, 1.82) is 0 Å². The fraction of sp³-hybridized carbons (Fsp3) is 0.167. The van der Waals surface area contributed by atoms with E-state index in [4.69, 9.17) is 6.57 Å². The Morgan fingerprint density at radius 3 is 2.89 bits per heavy atom. The van der Waals surface area contributed by atoms with Gasteiger partial charge in [0.05, 0.1) is 6.20 Å². The lowest BCUT2D eigenvalue weighted by atomic mass is 10.3. The van der Waals surface area contributed by atoms with E-state index in [9.17, 15) is 0 Å². The maximum Gasteiger partial charge on any atom is 0.296 e. The highest BCUT2D eigenvalue weighted by atomic mass is 15.1. The highest BCUT2D eigenvalue weighted by molar-refractivity contribution is 5.35. The summed E-state index contributed by atoms with van der Waals surface area (Å²) in [5, 5.41) is 7.15. The average molecular weight is 119 g/mol. The molecule has 0 radical (unpaired) electrons. The molecule has 1 aromatic rings. The van der Waals surface area contributed by atoms with E-state index >= 15 is 0 Å². The second kappa shape index (κ2) is 2.23. The number of aromatic nitrogens is 2. The molecule has 0 aromatic carbocycles. The summed E-state index contributed by atoms with van der Waals surface area (Å²) in [7, 11) is 0. The summed E-state index contributed by atoms with van der Waals surface area (Å²) in [6.45, 7) is 8.44. The minimum absolute atomic E-state index is 0.356. The monoisotopic (exact) mass is 119 g/mol. The Morgan fingerprint density at radius 1 is 1.67 bits per heavy atom. The quantitative estimate of drug-likeness (QED) is 0.482. The first-order valence-corrected chi connectivity index (χ1v) is 2.50. The van der Waals surface area contributed by atoms with Gasteiger partial charge in [-0.1, -0.05) is 11.7 Å². The summed E-state index contributed by atoms with van der Waals surface area (Å²) >= 11 is 0. The zero-order chi connectivity index (χ0) is 6.69. The Hall–Kier alpha value is -1.43. The predicted molar refractivity (Wildman–Crippen MR) is 33.0 cm³/mol. The standard InChI is InChI=1S/C6H5N3/c1-5-3-6(7-2)9-8-4-5/h3-4H,1H3. The number of hydrogen-bond donors (Lipinski definition) is 0. The van der Waals surface area contributed by atoms with Crippen LogP contribution < -0.4 is 0 Å². The van der Waals surface area contributed by atoms with Gasteiger partial charge < -0.3 is 4.85 Å². The summed E-state index contributed by atoms with van der Waals surface area (Å²) < 4.78 is 0. The smallest absolute Gasteiger partial charge is 0.296 e. The maximum absolute atomic E-state index is 6.56. The fourth-order valence-corrected chi connectivity index (χ4v) is 0.503. The first kappa shape index (κ1) is 5.70. The van der Waals surface area contributed by atoms with Crippen LogP contribution in [0.5, 0.6) is 0 Å². The molecular formula is C6H5N3. The summed E-state index contributed by atoms with van der Waals surface area (Å²) in [6.07, 6.45) is 1.62. The van der Waals surface area contributed by atoms with Gasteiger partial charge in [-0.25, -0.2) is 0 Å². The Morgan fingerprint density at radius 2 is 2.44 bits per heavy atom. The first-order valence-electron chi connectivity index (χ1n) is 2.50. The van der Waals surface area contributed by atoms with E-state index < -0.39 is 0 Å². The van der Waals surface area contributed by atoms with Gasteiger partial charge in [0.1, 0.15) is 0 Å². The van der Waals surface area contributed by atoms with Crippen LogP contribution in [0.15, 0.2) is 12.3 Å². The van der Waals surface area contributed by atoms with Crippen molar-refractivity contribution >= 4 is 5.82 Å². The lowest BCUT2D eigenvalue weighted by molar-refractivity contribution is 1.03. The van der Waals surface area contributed by atoms with Crippen molar-refractivity contribution in [2.75, 3.05) is 0 Å². The molecule has 0 aliphatic rings. The highest BCUT2D eigenvalue weighted by Crippen LogP contribution is 2.05. The van der Waals surface area contributed by atoms with E-state index in [1.807, 2.05) is 6.92 Å². The van der Waals surface area contributed by atoms with Crippen LogP contribution in [0, 0.1) is 13.5 Å². The molecule has 3 nitrogen and oxygen atoms in total. The van der Waals surface area contributed by atoms with Gasteiger partial charge in [0.2, 0.25) is 0 Å². The van der Waals surface area contributed by atoms with E-state index in [0.29, 0.717) is 5.82 Å². The number of rotatable bonds is 0. The molecular weight excluding hydrogens is 114 g/mol. The Bertz CT molecular complexity index is 249. The summed E-state index contributed by atoms with van der Waals surface area (Å²) in [6, 6.07) is 1.69. The molecule has 0 saturated heterocycles. The van der Waals surface area contributed by atoms with Gasteiger partial charge in [0.25, 0.3) is 5.82 Å².